The first-order chi connectivity index (χ1) is 6.14. The zero-order valence-electron chi connectivity index (χ0n) is 8.29. The second-order valence-electron chi connectivity index (χ2n) is 5.05. The van der Waals surface area contributed by atoms with Gasteiger partial charge in [-0.25, -0.2) is 0 Å². The Morgan fingerprint density at radius 2 is 1.46 bits per heavy atom. The van der Waals surface area contributed by atoms with E-state index >= 15 is 0 Å². The van der Waals surface area contributed by atoms with E-state index in [4.69, 9.17) is 4.74 Å². The van der Waals surface area contributed by atoms with Crippen molar-refractivity contribution >= 4 is 0 Å². The molecule has 0 radical (unpaired) electrons. The molecule has 0 spiro atoms. The highest BCUT2D eigenvalue weighted by Crippen LogP contribution is 2.58. The first-order valence-electron chi connectivity index (χ1n) is 5.19. The van der Waals surface area contributed by atoms with Gasteiger partial charge in [-0.05, 0) is 26.7 Å². The van der Waals surface area contributed by atoms with Crippen LogP contribution in [0.2, 0.25) is 0 Å². The van der Waals surface area contributed by atoms with Crippen molar-refractivity contribution in [1.82, 2.24) is 0 Å². The van der Waals surface area contributed by atoms with E-state index in [0.717, 1.165) is 0 Å². The molecule has 0 aromatic heterocycles. The van der Waals surface area contributed by atoms with E-state index in [1.807, 2.05) is 0 Å². The van der Waals surface area contributed by atoms with Gasteiger partial charge in [0.15, 0.2) is 0 Å². The first kappa shape index (κ1) is 7.81. The highest BCUT2D eigenvalue weighted by Gasteiger charge is 2.61. The standard InChI is InChI=1S/C12H16O/c1-11-7-8-12(2,13-11)10-6-4-3-5-9(10)11/h3-6,9-10H,7-8H2,1-2H3. The molecule has 1 heteroatoms. The Balaban J connectivity index is 2.08. The lowest BCUT2D eigenvalue weighted by molar-refractivity contribution is -0.0375. The molecule has 3 rings (SSSR count). The van der Waals surface area contributed by atoms with Crippen LogP contribution in [-0.2, 0) is 4.74 Å². The van der Waals surface area contributed by atoms with Crippen molar-refractivity contribution in [3.8, 4) is 0 Å². The zero-order valence-corrected chi connectivity index (χ0v) is 8.29. The number of hydrogen-bond acceptors (Lipinski definition) is 1. The summed E-state index contributed by atoms with van der Waals surface area (Å²) in [7, 11) is 0. The quantitative estimate of drug-likeness (QED) is 0.551. The van der Waals surface area contributed by atoms with Crippen molar-refractivity contribution in [1.29, 1.82) is 0 Å². The lowest BCUT2D eigenvalue weighted by Gasteiger charge is -2.34. The Hall–Kier alpha value is -0.560. The number of ether oxygens (including phenoxy) is 1. The molecular weight excluding hydrogens is 160 g/mol. The molecule has 0 aromatic carbocycles. The largest absolute Gasteiger partial charge is 0.368 e. The smallest absolute Gasteiger partial charge is 0.0732 e. The van der Waals surface area contributed by atoms with E-state index in [0.29, 0.717) is 11.8 Å². The van der Waals surface area contributed by atoms with Crippen molar-refractivity contribution < 1.29 is 4.74 Å². The van der Waals surface area contributed by atoms with E-state index in [1.54, 1.807) is 0 Å². The summed E-state index contributed by atoms with van der Waals surface area (Å²) < 4.78 is 6.19. The highest BCUT2D eigenvalue weighted by atomic mass is 16.5. The molecule has 4 atom stereocenters. The number of rotatable bonds is 0. The van der Waals surface area contributed by atoms with Crippen LogP contribution in [0.5, 0.6) is 0 Å². The Kier molecular flexibility index (Phi) is 1.25. The molecule has 0 aromatic rings. The monoisotopic (exact) mass is 176 g/mol. The normalized spacial score (nSPS) is 57.1. The van der Waals surface area contributed by atoms with Crippen LogP contribution in [0.3, 0.4) is 0 Å². The van der Waals surface area contributed by atoms with Crippen molar-refractivity contribution in [2.24, 2.45) is 11.8 Å². The van der Waals surface area contributed by atoms with Crippen LogP contribution in [0, 0.1) is 11.8 Å². The molecule has 3 aliphatic rings. The summed E-state index contributed by atoms with van der Waals surface area (Å²) >= 11 is 0. The first-order valence-corrected chi connectivity index (χ1v) is 5.19. The Morgan fingerprint density at radius 3 is 1.92 bits per heavy atom. The van der Waals surface area contributed by atoms with Crippen LogP contribution in [0.25, 0.3) is 0 Å². The SMILES string of the molecule is CC12CCC(C)(O1)C1C=CC=CC12. The van der Waals surface area contributed by atoms with Gasteiger partial charge in [0, 0.05) is 11.8 Å². The van der Waals surface area contributed by atoms with Crippen LogP contribution in [-0.4, -0.2) is 11.2 Å². The van der Waals surface area contributed by atoms with Gasteiger partial charge in [-0.15, -0.1) is 0 Å². The molecular formula is C12H16O. The predicted molar refractivity (Wildman–Crippen MR) is 52.4 cm³/mol. The summed E-state index contributed by atoms with van der Waals surface area (Å²) in [6.45, 7) is 4.54. The van der Waals surface area contributed by atoms with E-state index in [9.17, 15) is 0 Å². The van der Waals surface area contributed by atoms with Crippen LogP contribution >= 0.6 is 0 Å². The molecule has 2 aliphatic heterocycles. The van der Waals surface area contributed by atoms with Gasteiger partial charge in [0.05, 0.1) is 11.2 Å². The number of allylic oxidation sites excluding steroid dienone is 2. The maximum absolute atomic E-state index is 6.19. The fourth-order valence-electron chi connectivity index (χ4n) is 3.37. The molecule has 2 fully saturated rings. The molecule has 2 bridgehead atoms. The van der Waals surface area contributed by atoms with E-state index in [-0.39, 0.29) is 11.2 Å². The van der Waals surface area contributed by atoms with Gasteiger partial charge >= 0.3 is 0 Å². The highest BCUT2D eigenvalue weighted by molar-refractivity contribution is 5.27. The third-order valence-corrected chi connectivity index (χ3v) is 4.13. The fourth-order valence-corrected chi connectivity index (χ4v) is 3.37. The second kappa shape index (κ2) is 2.09. The van der Waals surface area contributed by atoms with E-state index in [1.165, 1.54) is 12.8 Å². The van der Waals surface area contributed by atoms with Gasteiger partial charge in [-0.3, -0.25) is 0 Å². The van der Waals surface area contributed by atoms with Gasteiger partial charge in [0.25, 0.3) is 0 Å². The van der Waals surface area contributed by atoms with E-state index < -0.39 is 0 Å². The number of fused-ring (bicyclic) bond motifs is 5. The maximum atomic E-state index is 6.19. The van der Waals surface area contributed by atoms with Crippen LogP contribution in [0.1, 0.15) is 26.7 Å². The van der Waals surface area contributed by atoms with Crippen molar-refractivity contribution in [2.75, 3.05) is 0 Å². The minimum atomic E-state index is 0.126. The second-order valence-corrected chi connectivity index (χ2v) is 5.05. The molecule has 2 saturated heterocycles. The number of hydrogen-bond donors (Lipinski definition) is 0. The fraction of sp³-hybridized carbons (Fsp3) is 0.667. The third kappa shape index (κ3) is 0.812. The van der Waals surface area contributed by atoms with Crippen LogP contribution in [0.15, 0.2) is 24.3 Å². The van der Waals surface area contributed by atoms with Gasteiger partial charge in [-0.1, -0.05) is 24.3 Å². The van der Waals surface area contributed by atoms with Crippen LogP contribution < -0.4 is 0 Å². The summed E-state index contributed by atoms with van der Waals surface area (Å²) in [5.41, 5.74) is 0.251. The summed E-state index contributed by atoms with van der Waals surface area (Å²) in [5.74, 6) is 1.24. The maximum Gasteiger partial charge on any atom is 0.0732 e. The topological polar surface area (TPSA) is 9.23 Å². The zero-order chi connectivity index (χ0) is 9.10. The van der Waals surface area contributed by atoms with Crippen molar-refractivity contribution in [3.05, 3.63) is 24.3 Å². The van der Waals surface area contributed by atoms with E-state index in [2.05, 4.69) is 38.2 Å². The van der Waals surface area contributed by atoms with Crippen LogP contribution in [0.4, 0.5) is 0 Å². The Bertz CT molecular complexity index is 274. The average Bonchev–Trinajstić information content (AvgIpc) is 2.55. The summed E-state index contributed by atoms with van der Waals surface area (Å²) in [4.78, 5) is 0. The van der Waals surface area contributed by atoms with Gasteiger partial charge < -0.3 is 4.74 Å². The lowest BCUT2D eigenvalue weighted by Crippen LogP contribution is -2.36. The van der Waals surface area contributed by atoms with Crippen molar-refractivity contribution in [2.45, 2.75) is 37.9 Å². The average molecular weight is 176 g/mol. The van der Waals surface area contributed by atoms with Gasteiger partial charge in [-0.2, -0.15) is 0 Å². The van der Waals surface area contributed by atoms with Crippen molar-refractivity contribution in [3.63, 3.8) is 0 Å². The van der Waals surface area contributed by atoms with Gasteiger partial charge in [0.1, 0.15) is 0 Å². The predicted octanol–water partition coefficient (Wildman–Crippen LogP) is 2.69. The molecule has 1 aliphatic carbocycles. The van der Waals surface area contributed by atoms with Gasteiger partial charge in [0.2, 0.25) is 0 Å². The Labute approximate surface area is 79.5 Å². The third-order valence-electron chi connectivity index (χ3n) is 4.13. The Morgan fingerprint density at radius 1 is 1.00 bits per heavy atom. The molecule has 4 unspecified atom stereocenters. The molecule has 2 heterocycles. The molecule has 70 valence electrons. The molecule has 0 N–H and O–H groups in total. The molecule has 1 nitrogen and oxygen atoms in total. The summed E-state index contributed by atoms with van der Waals surface area (Å²) in [6, 6.07) is 0. The summed E-state index contributed by atoms with van der Waals surface area (Å²) in [6.07, 6.45) is 11.4. The molecule has 13 heavy (non-hydrogen) atoms. The minimum Gasteiger partial charge on any atom is -0.368 e. The summed E-state index contributed by atoms with van der Waals surface area (Å²) in [5, 5.41) is 0. The molecule has 0 amide bonds. The lowest BCUT2D eigenvalue weighted by atomic mass is 9.66. The molecule has 0 saturated carbocycles. The minimum absolute atomic E-state index is 0.126.